The summed E-state index contributed by atoms with van der Waals surface area (Å²) in [5.74, 6) is 0.267. The quantitative estimate of drug-likeness (QED) is 0.406. The van der Waals surface area contributed by atoms with E-state index in [2.05, 4.69) is 0 Å². The minimum Gasteiger partial charge on any atom is -0.301 e. The summed E-state index contributed by atoms with van der Waals surface area (Å²) in [7, 11) is 0. The first-order valence-corrected chi connectivity index (χ1v) is 2.56. The summed E-state index contributed by atoms with van der Waals surface area (Å²) in [6.07, 6.45) is 0. The summed E-state index contributed by atoms with van der Waals surface area (Å²) < 4.78 is 0. The highest BCUT2D eigenvalue weighted by molar-refractivity contribution is 6.19. The average molecular weight is 85.1 g/mol. The standard InChI is InChI=1S/C3H5O.Al.H/c1-3(2)4;;/h1H2,2H3;;. The lowest BCUT2D eigenvalue weighted by Gasteiger charge is -1.71. The van der Waals surface area contributed by atoms with E-state index in [-0.39, 0.29) is 5.78 Å². The maximum Gasteiger partial charge on any atom is 0.185 e. The van der Waals surface area contributed by atoms with Gasteiger partial charge in [0.15, 0.2) is 16.3 Å². The second kappa shape index (κ2) is 2.44. The summed E-state index contributed by atoms with van der Waals surface area (Å²) >= 11 is 1.68. The molecule has 0 aliphatic rings. The highest BCUT2D eigenvalue weighted by Gasteiger charge is 1.77. The Morgan fingerprint density at radius 3 is 2.20 bits per heavy atom. The van der Waals surface area contributed by atoms with Gasteiger partial charge in [0.05, 0.1) is 0 Å². The molecule has 0 aromatic carbocycles. The van der Waals surface area contributed by atoms with Crippen LogP contribution in [-0.4, -0.2) is 22.1 Å². The van der Waals surface area contributed by atoms with Crippen molar-refractivity contribution in [1.82, 2.24) is 0 Å². The summed E-state index contributed by atoms with van der Waals surface area (Å²) in [5, 5.41) is 0.694. The van der Waals surface area contributed by atoms with E-state index in [1.54, 1.807) is 23.2 Å². The second-order valence-corrected chi connectivity index (χ2v) is 1.45. The van der Waals surface area contributed by atoms with Gasteiger partial charge in [-0.1, -0.05) is 5.28 Å². The lowest BCUT2D eigenvalue weighted by Crippen LogP contribution is -1.83. The monoisotopic (exact) mass is 85.0 g/mol. The topological polar surface area (TPSA) is 17.1 Å². The second-order valence-electron chi connectivity index (χ2n) is 0.952. The Balaban J connectivity index is 2.85. The van der Waals surface area contributed by atoms with E-state index in [0.717, 1.165) is 0 Å². The van der Waals surface area contributed by atoms with Gasteiger partial charge in [-0.05, 0) is 6.92 Å². The van der Waals surface area contributed by atoms with Crippen molar-refractivity contribution in [2.75, 3.05) is 0 Å². The zero-order chi connectivity index (χ0) is 4.28. The number of carbonyl (C=O) groups excluding carboxylic acids is 1. The molecule has 0 aliphatic heterocycles. The summed E-state index contributed by atoms with van der Waals surface area (Å²) in [6.45, 7) is 1.59. The molecule has 0 rings (SSSR count). The minimum absolute atomic E-state index is 0.267. The van der Waals surface area contributed by atoms with Crippen LogP contribution in [0.25, 0.3) is 0 Å². The molecular formula is C3H6AlO. The third-order valence-corrected chi connectivity index (χ3v) is 1.06. The van der Waals surface area contributed by atoms with E-state index >= 15 is 0 Å². The number of hydrogen-bond donors (Lipinski definition) is 0. The van der Waals surface area contributed by atoms with E-state index in [0.29, 0.717) is 5.28 Å². The van der Waals surface area contributed by atoms with Gasteiger partial charge >= 0.3 is 0 Å². The van der Waals surface area contributed by atoms with E-state index < -0.39 is 0 Å². The molecule has 2 heteroatoms. The van der Waals surface area contributed by atoms with Crippen LogP contribution in [0.5, 0.6) is 0 Å². The van der Waals surface area contributed by atoms with Crippen LogP contribution in [0, 0.1) is 0 Å². The molecule has 0 aliphatic carbocycles. The normalized spacial score (nSPS) is 7.40. The molecule has 0 atom stereocenters. The highest BCUT2D eigenvalue weighted by Crippen LogP contribution is 1.68. The molecule has 0 saturated carbocycles. The molecular weight excluding hydrogens is 79.0 g/mol. The van der Waals surface area contributed by atoms with Crippen molar-refractivity contribution in [3.8, 4) is 0 Å². The zero-order valence-corrected chi connectivity index (χ0v) is 4.74. The lowest BCUT2D eigenvalue weighted by molar-refractivity contribution is -0.114. The van der Waals surface area contributed by atoms with Gasteiger partial charge in [0.2, 0.25) is 0 Å². The van der Waals surface area contributed by atoms with Crippen LogP contribution in [-0.2, 0) is 4.79 Å². The maximum absolute atomic E-state index is 9.82. The first kappa shape index (κ1) is 5.20. The van der Waals surface area contributed by atoms with Crippen molar-refractivity contribution >= 4 is 22.1 Å². The van der Waals surface area contributed by atoms with Gasteiger partial charge in [0.1, 0.15) is 5.78 Å². The zero-order valence-electron chi connectivity index (χ0n) is 3.32. The van der Waals surface area contributed by atoms with E-state index in [1.807, 2.05) is 0 Å². The van der Waals surface area contributed by atoms with Crippen molar-refractivity contribution in [1.29, 1.82) is 0 Å². The number of Topliss-reactive ketones (excluding diaryl/α,β-unsaturated/α-hetero) is 1. The Hall–Kier alpha value is 0.202. The summed E-state index contributed by atoms with van der Waals surface area (Å²) in [6, 6.07) is 0. The summed E-state index contributed by atoms with van der Waals surface area (Å²) in [4.78, 5) is 9.82. The Bertz CT molecular complexity index is 42.2. The molecule has 1 radical (unpaired) electrons. The molecule has 0 spiro atoms. The molecule has 0 heterocycles. The van der Waals surface area contributed by atoms with Gasteiger partial charge in [-0.2, -0.15) is 0 Å². The lowest BCUT2D eigenvalue weighted by atomic mass is 10.5. The Morgan fingerprint density at radius 1 is 2.00 bits per heavy atom. The first-order chi connectivity index (χ1) is 2.27. The predicted molar refractivity (Wildman–Crippen MR) is 22.6 cm³/mol. The first-order valence-electron chi connectivity index (χ1n) is 1.56. The number of carbonyl (C=O) groups is 1. The molecule has 0 aromatic heterocycles. The smallest absolute Gasteiger partial charge is 0.185 e. The third kappa shape index (κ3) is 4.20. The average Bonchev–Trinajstić information content (AvgIpc) is 1.38. The molecule has 0 saturated heterocycles. The van der Waals surface area contributed by atoms with Crippen LogP contribution in [0.4, 0.5) is 0 Å². The van der Waals surface area contributed by atoms with E-state index in [1.165, 1.54) is 0 Å². The molecule has 0 fully saturated rings. The third-order valence-electron chi connectivity index (χ3n) is 0.352. The Morgan fingerprint density at radius 2 is 2.20 bits per heavy atom. The molecule has 0 amide bonds. The van der Waals surface area contributed by atoms with E-state index in [4.69, 9.17) is 0 Å². The molecule has 0 aromatic rings. The van der Waals surface area contributed by atoms with Gasteiger partial charge in [0.25, 0.3) is 0 Å². The Labute approximate surface area is 39.8 Å². The largest absolute Gasteiger partial charge is 0.301 e. The van der Waals surface area contributed by atoms with Crippen LogP contribution >= 0.6 is 0 Å². The predicted octanol–water partition coefficient (Wildman–Crippen LogP) is -0.106. The molecule has 27 valence electrons. The van der Waals surface area contributed by atoms with Gasteiger partial charge in [-0.15, -0.1) is 0 Å². The number of rotatable bonds is 1. The van der Waals surface area contributed by atoms with Crippen molar-refractivity contribution in [3.05, 3.63) is 0 Å². The fourth-order valence-corrected chi connectivity index (χ4v) is 0. The van der Waals surface area contributed by atoms with Crippen molar-refractivity contribution in [2.45, 2.75) is 12.2 Å². The SMILES string of the molecule is CC(=O)[CH2][AlH]. The molecule has 5 heavy (non-hydrogen) atoms. The van der Waals surface area contributed by atoms with Crippen LogP contribution < -0.4 is 0 Å². The fraction of sp³-hybridized carbons (Fsp3) is 0.667. The van der Waals surface area contributed by atoms with E-state index in [9.17, 15) is 4.79 Å². The van der Waals surface area contributed by atoms with Crippen LogP contribution in [0.15, 0.2) is 0 Å². The Kier molecular flexibility index (Phi) is 2.54. The van der Waals surface area contributed by atoms with Crippen molar-refractivity contribution < 1.29 is 4.79 Å². The number of ketones is 1. The molecule has 0 N–H and O–H groups in total. The van der Waals surface area contributed by atoms with Crippen molar-refractivity contribution in [2.24, 2.45) is 0 Å². The van der Waals surface area contributed by atoms with Gasteiger partial charge < -0.3 is 4.79 Å². The summed E-state index contributed by atoms with van der Waals surface area (Å²) in [5.41, 5.74) is 0. The van der Waals surface area contributed by atoms with Gasteiger partial charge in [-0.3, -0.25) is 0 Å². The highest BCUT2D eigenvalue weighted by atomic mass is 27.0. The molecule has 0 unspecified atom stereocenters. The van der Waals surface area contributed by atoms with Crippen LogP contribution in [0.2, 0.25) is 5.28 Å². The maximum atomic E-state index is 9.82. The van der Waals surface area contributed by atoms with Gasteiger partial charge in [0, 0.05) is 0 Å². The van der Waals surface area contributed by atoms with Gasteiger partial charge in [-0.25, -0.2) is 0 Å². The minimum atomic E-state index is 0.267. The fourth-order valence-electron chi connectivity index (χ4n) is 0. The molecule has 1 nitrogen and oxygen atoms in total. The molecule has 0 bridgehead atoms. The van der Waals surface area contributed by atoms with Crippen LogP contribution in [0.1, 0.15) is 6.92 Å². The van der Waals surface area contributed by atoms with Crippen LogP contribution in [0.3, 0.4) is 0 Å². The number of hydrogen-bond acceptors (Lipinski definition) is 1. The van der Waals surface area contributed by atoms with Crippen molar-refractivity contribution in [3.63, 3.8) is 0 Å².